The van der Waals surface area contributed by atoms with Crippen molar-refractivity contribution in [2.45, 2.75) is 11.6 Å². The molecule has 1 aliphatic heterocycles. The molecule has 9 nitrogen and oxygen atoms in total. The summed E-state index contributed by atoms with van der Waals surface area (Å²) >= 11 is 0. The predicted octanol–water partition coefficient (Wildman–Crippen LogP) is 2.47. The Kier molecular flexibility index (Phi) is 6.67. The van der Waals surface area contributed by atoms with Crippen molar-refractivity contribution in [2.24, 2.45) is 0 Å². The fraction of sp³-hybridized carbons (Fsp3) is 0.238. The Morgan fingerprint density at radius 1 is 1.09 bits per heavy atom. The molecule has 1 N–H and O–H groups in total. The fourth-order valence-electron chi connectivity index (χ4n) is 3.12. The number of sulfonamides is 1. The molecule has 0 bridgehead atoms. The van der Waals surface area contributed by atoms with E-state index in [2.05, 4.69) is 10.4 Å². The summed E-state index contributed by atoms with van der Waals surface area (Å²) in [6, 6.07) is 10.2. The van der Waals surface area contributed by atoms with Crippen molar-refractivity contribution >= 4 is 21.6 Å². The Balaban J connectivity index is 1.36. The number of ether oxygens (including phenoxy) is 2. The zero-order chi connectivity index (χ0) is 23.4. The normalized spacial score (nSPS) is 14.7. The summed E-state index contributed by atoms with van der Waals surface area (Å²) in [5.41, 5.74) is 0.461. The molecule has 1 amide bonds. The van der Waals surface area contributed by atoms with Crippen LogP contribution in [0.25, 0.3) is 0 Å². The van der Waals surface area contributed by atoms with Gasteiger partial charge in [0.25, 0.3) is 5.91 Å². The lowest BCUT2D eigenvalue weighted by atomic mass is 10.3. The van der Waals surface area contributed by atoms with E-state index < -0.39 is 27.6 Å². The van der Waals surface area contributed by atoms with E-state index in [1.165, 1.54) is 45.5 Å². The second-order valence-electron chi connectivity index (χ2n) is 7.08. The molecule has 3 aromatic rings. The maximum atomic E-state index is 13.6. The minimum atomic E-state index is -3.63. The van der Waals surface area contributed by atoms with Gasteiger partial charge in [-0.1, -0.05) is 0 Å². The number of nitrogens with zero attached hydrogens (tertiary/aromatic N) is 3. The molecule has 12 heteroatoms. The van der Waals surface area contributed by atoms with Crippen LogP contribution in [-0.4, -0.2) is 54.7 Å². The van der Waals surface area contributed by atoms with Crippen LogP contribution < -0.4 is 10.1 Å². The minimum Gasteiger partial charge on any atom is -0.468 e. The number of anilines is 1. The number of amides is 1. The third-order valence-electron chi connectivity index (χ3n) is 4.84. The van der Waals surface area contributed by atoms with Crippen LogP contribution in [0.3, 0.4) is 0 Å². The number of hydrogen-bond acceptors (Lipinski definition) is 6. The zero-order valence-electron chi connectivity index (χ0n) is 17.3. The highest BCUT2D eigenvalue weighted by molar-refractivity contribution is 7.89. The highest BCUT2D eigenvalue weighted by Crippen LogP contribution is 2.20. The van der Waals surface area contributed by atoms with Crippen LogP contribution in [0.2, 0.25) is 0 Å². The smallest absolute Gasteiger partial charge is 0.276 e. The first-order chi connectivity index (χ1) is 15.8. The molecule has 0 radical (unpaired) electrons. The average Bonchev–Trinajstić information content (AvgIpc) is 3.29. The first-order valence-electron chi connectivity index (χ1n) is 9.93. The van der Waals surface area contributed by atoms with Gasteiger partial charge in [0, 0.05) is 31.0 Å². The Bertz CT molecular complexity index is 1240. The van der Waals surface area contributed by atoms with E-state index in [9.17, 15) is 22.0 Å². The predicted molar refractivity (Wildman–Crippen MR) is 113 cm³/mol. The van der Waals surface area contributed by atoms with Crippen molar-refractivity contribution in [3.63, 3.8) is 0 Å². The number of halogens is 2. The highest BCUT2D eigenvalue weighted by Gasteiger charge is 2.26. The second kappa shape index (κ2) is 9.65. The minimum absolute atomic E-state index is 0.0724. The second-order valence-corrected chi connectivity index (χ2v) is 9.02. The number of hydrogen-bond donors (Lipinski definition) is 1. The van der Waals surface area contributed by atoms with Gasteiger partial charge < -0.3 is 14.8 Å². The number of benzene rings is 2. The van der Waals surface area contributed by atoms with Crippen LogP contribution in [0.5, 0.6) is 5.75 Å². The van der Waals surface area contributed by atoms with E-state index in [0.717, 1.165) is 12.1 Å². The quantitative estimate of drug-likeness (QED) is 0.560. The number of nitrogens with one attached hydrogen (secondary N) is 1. The van der Waals surface area contributed by atoms with Gasteiger partial charge in [0.1, 0.15) is 5.82 Å². The molecule has 0 unspecified atom stereocenters. The van der Waals surface area contributed by atoms with E-state index in [0.29, 0.717) is 38.1 Å². The van der Waals surface area contributed by atoms with Crippen LogP contribution in [0, 0.1) is 11.6 Å². The number of carbonyl (C=O) groups is 1. The van der Waals surface area contributed by atoms with Crippen molar-refractivity contribution in [1.82, 2.24) is 14.1 Å². The van der Waals surface area contributed by atoms with Gasteiger partial charge >= 0.3 is 0 Å². The third-order valence-corrected chi connectivity index (χ3v) is 6.75. The first kappa shape index (κ1) is 22.8. The van der Waals surface area contributed by atoms with Gasteiger partial charge in [-0.3, -0.25) is 4.79 Å². The maximum absolute atomic E-state index is 13.6. The lowest BCUT2D eigenvalue weighted by molar-refractivity contribution is 0.0730. The van der Waals surface area contributed by atoms with Gasteiger partial charge in [0.2, 0.25) is 10.0 Å². The van der Waals surface area contributed by atoms with Gasteiger partial charge in [-0.15, -0.1) is 0 Å². The lowest BCUT2D eigenvalue weighted by Gasteiger charge is -2.26. The van der Waals surface area contributed by atoms with Crippen LogP contribution in [0.4, 0.5) is 14.5 Å². The molecule has 0 atom stereocenters. The molecule has 1 saturated heterocycles. The van der Waals surface area contributed by atoms with Gasteiger partial charge in [-0.2, -0.15) is 9.40 Å². The molecule has 0 spiro atoms. The van der Waals surface area contributed by atoms with Crippen molar-refractivity contribution in [1.29, 1.82) is 0 Å². The lowest BCUT2D eigenvalue weighted by Crippen LogP contribution is -2.40. The summed E-state index contributed by atoms with van der Waals surface area (Å²) in [5, 5.41) is 6.69. The van der Waals surface area contributed by atoms with Crippen molar-refractivity contribution in [2.75, 3.05) is 31.6 Å². The highest BCUT2D eigenvalue weighted by atomic mass is 32.2. The Hall–Kier alpha value is -3.35. The summed E-state index contributed by atoms with van der Waals surface area (Å²) in [5.74, 6) is -2.24. The van der Waals surface area contributed by atoms with Crippen molar-refractivity contribution in [3.8, 4) is 5.75 Å². The summed E-state index contributed by atoms with van der Waals surface area (Å²) in [6.07, 6.45) is 1.47. The van der Waals surface area contributed by atoms with Crippen LogP contribution >= 0.6 is 0 Å². The van der Waals surface area contributed by atoms with Gasteiger partial charge in [0.15, 0.2) is 24.0 Å². The Morgan fingerprint density at radius 3 is 2.52 bits per heavy atom. The maximum Gasteiger partial charge on any atom is 0.276 e. The molecule has 174 valence electrons. The molecular formula is C21H20F2N4O5S. The summed E-state index contributed by atoms with van der Waals surface area (Å²) in [7, 11) is -3.63. The molecule has 0 saturated carbocycles. The summed E-state index contributed by atoms with van der Waals surface area (Å²) in [6.45, 7) is 1.10. The Labute approximate surface area is 188 Å². The molecule has 1 aliphatic rings. The third kappa shape index (κ3) is 5.35. The van der Waals surface area contributed by atoms with Crippen molar-refractivity contribution < 1.29 is 31.5 Å². The van der Waals surface area contributed by atoms with Crippen LogP contribution in [-0.2, 0) is 21.5 Å². The van der Waals surface area contributed by atoms with E-state index >= 15 is 0 Å². The SMILES string of the molecule is O=C(Nc1ccc(S(=O)(=O)N2CCOCC2)cc1)c1ccn(COc2ccc(F)cc2F)n1. The van der Waals surface area contributed by atoms with E-state index in [1.807, 2.05) is 0 Å². The molecular weight excluding hydrogens is 458 g/mol. The zero-order valence-corrected chi connectivity index (χ0v) is 18.1. The monoisotopic (exact) mass is 478 g/mol. The summed E-state index contributed by atoms with van der Waals surface area (Å²) < 4.78 is 65.0. The average molecular weight is 478 g/mol. The largest absolute Gasteiger partial charge is 0.468 e. The van der Waals surface area contributed by atoms with Gasteiger partial charge in [-0.05, 0) is 42.5 Å². The molecule has 4 rings (SSSR count). The topological polar surface area (TPSA) is 103 Å². The van der Waals surface area contributed by atoms with E-state index in [1.54, 1.807) is 0 Å². The standard InChI is InChI=1S/C21H20F2N4O5S/c22-15-1-6-20(18(23)13-15)32-14-26-8-7-19(25-26)21(28)24-16-2-4-17(5-3-16)33(29,30)27-9-11-31-12-10-27/h1-8,13H,9-12,14H2,(H,24,28). The van der Waals surface area contributed by atoms with Gasteiger partial charge in [0.05, 0.1) is 18.1 Å². The van der Waals surface area contributed by atoms with Crippen LogP contribution in [0.15, 0.2) is 59.6 Å². The molecule has 1 fully saturated rings. The Morgan fingerprint density at radius 2 is 1.82 bits per heavy atom. The van der Waals surface area contributed by atoms with Crippen molar-refractivity contribution in [3.05, 3.63) is 72.1 Å². The van der Waals surface area contributed by atoms with E-state index in [-0.39, 0.29) is 23.1 Å². The number of morpholine rings is 1. The first-order valence-corrected chi connectivity index (χ1v) is 11.4. The van der Waals surface area contributed by atoms with E-state index in [4.69, 9.17) is 9.47 Å². The summed E-state index contributed by atoms with van der Waals surface area (Å²) in [4.78, 5) is 12.6. The molecule has 2 aromatic carbocycles. The fourth-order valence-corrected chi connectivity index (χ4v) is 4.53. The van der Waals surface area contributed by atoms with Gasteiger partial charge in [-0.25, -0.2) is 21.9 Å². The number of carbonyl (C=O) groups excluding carboxylic acids is 1. The number of rotatable bonds is 7. The number of aromatic nitrogens is 2. The molecule has 33 heavy (non-hydrogen) atoms. The molecule has 1 aromatic heterocycles. The molecule has 0 aliphatic carbocycles. The molecule has 2 heterocycles. The van der Waals surface area contributed by atoms with Crippen LogP contribution in [0.1, 0.15) is 10.5 Å².